The topological polar surface area (TPSA) is 20.3 Å². The van der Waals surface area contributed by atoms with Gasteiger partial charge in [-0.3, -0.25) is 4.79 Å². The first-order chi connectivity index (χ1) is 8.16. The average molecular weight is 292 g/mol. The molecule has 2 nitrogen and oxygen atoms in total. The molecular weight excluding hydrogens is 278 g/mol. The summed E-state index contributed by atoms with van der Waals surface area (Å²) in [6.45, 7) is 0. The molecular formula is C14H14BrNO. The highest BCUT2D eigenvalue weighted by Crippen LogP contribution is 2.16. The van der Waals surface area contributed by atoms with Crippen molar-refractivity contribution < 1.29 is 4.79 Å². The normalized spacial score (nSPS) is 18.5. The highest BCUT2D eigenvalue weighted by atomic mass is 79.9. The number of rotatable bonds is 3. The van der Waals surface area contributed by atoms with Crippen molar-refractivity contribution >= 4 is 21.7 Å². The molecule has 1 aliphatic rings. The summed E-state index contributed by atoms with van der Waals surface area (Å²) in [5, 5.41) is 0. The number of hydrogen-bond acceptors (Lipinski definition) is 2. The third kappa shape index (κ3) is 3.07. The van der Waals surface area contributed by atoms with E-state index in [1.54, 1.807) is 0 Å². The molecule has 1 aromatic carbocycles. The number of hydrogen-bond donors (Lipinski definition) is 0. The molecule has 17 heavy (non-hydrogen) atoms. The summed E-state index contributed by atoms with van der Waals surface area (Å²) in [4.78, 5) is 14.2. The van der Waals surface area contributed by atoms with E-state index in [4.69, 9.17) is 0 Å². The van der Waals surface area contributed by atoms with Crippen LogP contribution >= 0.6 is 15.9 Å². The first-order valence-corrected chi connectivity index (χ1v) is 6.32. The predicted molar refractivity (Wildman–Crippen MR) is 72.9 cm³/mol. The molecule has 1 unspecified atom stereocenters. The van der Waals surface area contributed by atoms with Crippen molar-refractivity contribution in [2.24, 2.45) is 0 Å². The molecule has 0 bridgehead atoms. The average Bonchev–Trinajstić information content (AvgIpc) is 2.32. The monoisotopic (exact) mass is 291 g/mol. The van der Waals surface area contributed by atoms with Crippen LogP contribution in [0.2, 0.25) is 0 Å². The summed E-state index contributed by atoms with van der Waals surface area (Å²) >= 11 is 3.38. The molecule has 1 atom stereocenters. The van der Waals surface area contributed by atoms with E-state index >= 15 is 0 Å². The summed E-state index contributed by atoms with van der Waals surface area (Å²) in [6.07, 6.45) is 8.50. The van der Waals surface area contributed by atoms with E-state index < -0.39 is 0 Å². The second kappa shape index (κ2) is 5.32. The number of carbonyl (C=O) groups excluding carboxylic acids is 1. The van der Waals surface area contributed by atoms with E-state index in [1.807, 2.05) is 49.7 Å². The van der Waals surface area contributed by atoms with E-state index in [-0.39, 0.29) is 11.8 Å². The number of nitrogens with zero attached hydrogens (tertiary/aromatic N) is 1. The molecule has 0 aliphatic carbocycles. The zero-order chi connectivity index (χ0) is 12.3. The van der Waals surface area contributed by atoms with Crippen molar-refractivity contribution in [2.75, 3.05) is 7.05 Å². The van der Waals surface area contributed by atoms with Gasteiger partial charge < -0.3 is 4.90 Å². The Morgan fingerprint density at radius 2 is 2.24 bits per heavy atom. The standard InChI is InChI=1S/C14H14BrNO/c1-16-8-3-2-7-13(16)10-14(17)11-5-4-6-12(15)9-11/h2-9,13H,10H2,1H3. The molecule has 1 aromatic rings. The quantitative estimate of drug-likeness (QED) is 0.796. The Kier molecular flexibility index (Phi) is 3.79. The highest BCUT2D eigenvalue weighted by Gasteiger charge is 2.16. The van der Waals surface area contributed by atoms with Gasteiger partial charge in [0.15, 0.2) is 5.78 Å². The third-order valence-electron chi connectivity index (χ3n) is 2.83. The molecule has 0 saturated heterocycles. The number of halogens is 1. The Morgan fingerprint density at radius 1 is 1.41 bits per heavy atom. The van der Waals surface area contributed by atoms with Gasteiger partial charge in [-0.05, 0) is 24.4 Å². The van der Waals surface area contributed by atoms with Gasteiger partial charge in [0.05, 0.1) is 6.04 Å². The van der Waals surface area contributed by atoms with Crippen LogP contribution in [0.1, 0.15) is 16.8 Å². The van der Waals surface area contributed by atoms with Gasteiger partial charge in [0.25, 0.3) is 0 Å². The molecule has 0 saturated carbocycles. The summed E-state index contributed by atoms with van der Waals surface area (Å²) in [5.74, 6) is 0.170. The van der Waals surface area contributed by atoms with Crippen molar-refractivity contribution in [2.45, 2.75) is 12.5 Å². The van der Waals surface area contributed by atoms with Gasteiger partial charge in [-0.15, -0.1) is 0 Å². The number of carbonyl (C=O) groups is 1. The number of ketones is 1. The zero-order valence-electron chi connectivity index (χ0n) is 9.64. The maximum atomic E-state index is 12.1. The van der Waals surface area contributed by atoms with E-state index in [0.717, 1.165) is 10.0 Å². The third-order valence-corrected chi connectivity index (χ3v) is 3.32. The van der Waals surface area contributed by atoms with Crippen LogP contribution < -0.4 is 0 Å². The predicted octanol–water partition coefficient (Wildman–Crippen LogP) is 3.41. The zero-order valence-corrected chi connectivity index (χ0v) is 11.2. The van der Waals surface area contributed by atoms with Crippen molar-refractivity contribution in [1.82, 2.24) is 4.90 Å². The van der Waals surface area contributed by atoms with Gasteiger partial charge in [-0.2, -0.15) is 0 Å². The van der Waals surface area contributed by atoms with Crippen molar-refractivity contribution in [3.63, 3.8) is 0 Å². The van der Waals surface area contributed by atoms with Gasteiger partial charge in [0, 0.05) is 23.5 Å². The van der Waals surface area contributed by atoms with Crippen molar-refractivity contribution in [3.8, 4) is 0 Å². The van der Waals surface area contributed by atoms with Crippen LogP contribution in [-0.2, 0) is 0 Å². The van der Waals surface area contributed by atoms with Crippen molar-refractivity contribution in [1.29, 1.82) is 0 Å². The Balaban J connectivity index is 2.07. The number of allylic oxidation sites excluding steroid dienone is 2. The molecule has 0 aromatic heterocycles. The summed E-state index contributed by atoms with van der Waals surface area (Å²) in [5.41, 5.74) is 0.760. The minimum absolute atomic E-state index is 0.159. The largest absolute Gasteiger partial charge is 0.374 e. The van der Waals surface area contributed by atoms with Gasteiger partial charge in [0.2, 0.25) is 0 Å². The van der Waals surface area contributed by atoms with E-state index in [0.29, 0.717) is 6.42 Å². The lowest BCUT2D eigenvalue weighted by molar-refractivity contribution is 0.0961. The Labute approximate surface area is 110 Å². The highest BCUT2D eigenvalue weighted by molar-refractivity contribution is 9.10. The fourth-order valence-electron chi connectivity index (χ4n) is 1.81. The molecule has 1 heterocycles. The second-order valence-electron chi connectivity index (χ2n) is 4.10. The lowest BCUT2D eigenvalue weighted by Gasteiger charge is -2.25. The molecule has 0 amide bonds. The van der Waals surface area contributed by atoms with Crippen LogP contribution in [0, 0.1) is 0 Å². The second-order valence-corrected chi connectivity index (χ2v) is 5.01. The maximum absolute atomic E-state index is 12.1. The van der Waals surface area contributed by atoms with Crippen LogP contribution in [0.4, 0.5) is 0 Å². The Bertz CT molecular complexity index is 479. The minimum atomic E-state index is 0.159. The Morgan fingerprint density at radius 3 is 2.94 bits per heavy atom. The number of benzene rings is 1. The molecule has 0 radical (unpaired) electrons. The first-order valence-electron chi connectivity index (χ1n) is 5.52. The van der Waals surface area contributed by atoms with Crippen LogP contribution in [-0.4, -0.2) is 23.8 Å². The van der Waals surface area contributed by atoms with Gasteiger partial charge >= 0.3 is 0 Å². The van der Waals surface area contributed by atoms with Gasteiger partial charge in [0.1, 0.15) is 0 Å². The molecule has 0 fully saturated rings. The minimum Gasteiger partial charge on any atom is -0.374 e. The van der Waals surface area contributed by atoms with Gasteiger partial charge in [-0.1, -0.05) is 40.2 Å². The lowest BCUT2D eigenvalue weighted by atomic mass is 10.0. The van der Waals surface area contributed by atoms with E-state index in [1.165, 1.54) is 0 Å². The summed E-state index contributed by atoms with van der Waals surface area (Å²) in [7, 11) is 1.98. The van der Waals surface area contributed by atoms with Crippen molar-refractivity contribution in [3.05, 3.63) is 58.7 Å². The molecule has 1 aliphatic heterocycles. The van der Waals surface area contributed by atoms with Crippen LogP contribution in [0.3, 0.4) is 0 Å². The van der Waals surface area contributed by atoms with E-state index in [9.17, 15) is 4.79 Å². The van der Waals surface area contributed by atoms with Crippen LogP contribution in [0.15, 0.2) is 53.2 Å². The van der Waals surface area contributed by atoms with Crippen LogP contribution in [0.5, 0.6) is 0 Å². The lowest BCUT2D eigenvalue weighted by Crippen LogP contribution is -2.29. The van der Waals surface area contributed by atoms with E-state index in [2.05, 4.69) is 26.9 Å². The van der Waals surface area contributed by atoms with Crippen LogP contribution in [0.25, 0.3) is 0 Å². The molecule has 3 heteroatoms. The molecule has 0 spiro atoms. The summed E-state index contributed by atoms with van der Waals surface area (Å²) < 4.78 is 0.941. The molecule has 0 N–H and O–H groups in total. The molecule has 2 rings (SSSR count). The molecule has 88 valence electrons. The first kappa shape index (κ1) is 12.1. The van der Waals surface area contributed by atoms with Gasteiger partial charge in [-0.25, -0.2) is 0 Å². The number of likely N-dealkylation sites (N-methyl/N-ethyl adjacent to an activating group) is 1. The smallest absolute Gasteiger partial charge is 0.165 e. The maximum Gasteiger partial charge on any atom is 0.165 e. The number of Topliss-reactive ketones (excluding diaryl/α,β-unsaturated/α-hetero) is 1. The fourth-order valence-corrected chi connectivity index (χ4v) is 2.21. The summed E-state index contributed by atoms with van der Waals surface area (Å²) in [6, 6.07) is 7.69. The fraction of sp³-hybridized carbons (Fsp3) is 0.214. The SMILES string of the molecule is CN1C=CC=CC1CC(=O)c1cccc(Br)c1. The Hall–Kier alpha value is -1.35.